The van der Waals surface area contributed by atoms with Gasteiger partial charge in [0.2, 0.25) is 0 Å². The largest absolute Gasteiger partial charge is 0.481 e. The number of carboxylic acid groups (broad SMARTS) is 1. The van der Waals surface area contributed by atoms with E-state index >= 15 is 0 Å². The van der Waals surface area contributed by atoms with E-state index in [1.165, 1.54) is 0 Å². The number of carboxylic acids is 1. The minimum absolute atomic E-state index is 0.479. The maximum Gasteiger partial charge on any atom is 0.326 e. The summed E-state index contributed by atoms with van der Waals surface area (Å²) in [6.45, 7) is 6.80. The molecule has 0 aromatic heterocycles. The average molecular weight is 314 g/mol. The third-order valence-corrected chi connectivity index (χ3v) is 3.15. The number of rotatable bonds is 5. The molecule has 0 saturated carbocycles. The molecule has 1 unspecified atom stereocenters. The van der Waals surface area contributed by atoms with Gasteiger partial charge in [-0.1, -0.05) is 32.4 Å². The first kappa shape index (κ1) is 17.3. The molecule has 0 aliphatic carbocycles. The lowest BCUT2D eigenvalue weighted by molar-refractivity contribution is -0.146. The molecule has 0 radical (unpaired) electrons. The van der Waals surface area contributed by atoms with Crippen LogP contribution in [0.5, 0.6) is 5.75 Å². The van der Waals surface area contributed by atoms with Gasteiger partial charge in [0.25, 0.3) is 5.91 Å². The van der Waals surface area contributed by atoms with Crippen LogP contribution in [0, 0.1) is 5.41 Å². The van der Waals surface area contributed by atoms with Crippen LogP contribution in [0.2, 0.25) is 5.02 Å². The van der Waals surface area contributed by atoms with Gasteiger partial charge in [-0.05, 0) is 36.6 Å². The molecule has 21 heavy (non-hydrogen) atoms. The normalized spacial score (nSPS) is 14.1. The van der Waals surface area contributed by atoms with E-state index < -0.39 is 29.4 Å². The van der Waals surface area contributed by atoms with Crippen LogP contribution in [0.25, 0.3) is 0 Å². The highest BCUT2D eigenvalue weighted by molar-refractivity contribution is 6.30. The van der Waals surface area contributed by atoms with E-state index in [0.717, 1.165) is 0 Å². The van der Waals surface area contributed by atoms with Gasteiger partial charge in [0.05, 0.1) is 0 Å². The second kappa shape index (κ2) is 6.80. The molecular weight excluding hydrogens is 294 g/mol. The Bertz CT molecular complexity index is 507. The third-order valence-electron chi connectivity index (χ3n) is 2.90. The monoisotopic (exact) mass is 313 g/mol. The molecule has 2 N–H and O–H groups in total. The zero-order valence-electron chi connectivity index (χ0n) is 12.5. The van der Waals surface area contributed by atoms with Crippen LogP contribution >= 0.6 is 11.6 Å². The zero-order valence-corrected chi connectivity index (χ0v) is 13.3. The van der Waals surface area contributed by atoms with Crippen LogP contribution in [0.3, 0.4) is 0 Å². The summed E-state index contributed by atoms with van der Waals surface area (Å²) in [5.74, 6) is -1.06. The SMILES string of the molecule is CC(Oc1ccc(Cl)cc1)C(=O)N[C@@H](C(=O)O)C(C)(C)C. The number of aliphatic carboxylic acids is 1. The minimum atomic E-state index is -1.07. The quantitative estimate of drug-likeness (QED) is 0.876. The first-order chi connectivity index (χ1) is 9.61. The number of benzene rings is 1. The fourth-order valence-electron chi connectivity index (χ4n) is 1.68. The van der Waals surface area contributed by atoms with Crippen molar-refractivity contribution in [3.05, 3.63) is 29.3 Å². The molecule has 0 aliphatic heterocycles. The predicted octanol–water partition coefficient (Wildman–Crippen LogP) is 2.72. The molecule has 0 fully saturated rings. The van der Waals surface area contributed by atoms with Crippen LogP contribution < -0.4 is 10.1 Å². The molecule has 1 aromatic carbocycles. The number of hydrogen-bond acceptors (Lipinski definition) is 3. The molecule has 0 saturated heterocycles. The van der Waals surface area contributed by atoms with Crippen molar-refractivity contribution in [2.75, 3.05) is 0 Å². The van der Waals surface area contributed by atoms with Gasteiger partial charge in [-0.15, -0.1) is 0 Å². The van der Waals surface area contributed by atoms with Crippen molar-refractivity contribution in [2.24, 2.45) is 5.41 Å². The van der Waals surface area contributed by atoms with E-state index in [0.29, 0.717) is 10.8 Å². The summed E-state index contributed by atoms with van der Waals surface area (Å²) in [4.78, 5) is 23.3. The highest BCUT2D eigenvalue weighted by Gasteiger charge is 2.33. The molecule has 0 aliphatic rings. The van der Waals surface area contributed by atoms with Gasteiger partial charge in [-0.25, -0.2) is 4.79 Å². The summed E-state index contributed by atoms with van der Waals surface area (Å²) in [5, 5.41) is 12.3. The molecule has 0 spiro atoms. The summed E-state index contributed by atoms with van der Waals surface area (Å²) >= 11 is 5.76. The number of nitrogens with one attached hydrogen (secondary N) is 1. The second-order valence-electron chi connectivity index (χ2n) is 5.86. The van der Waals surface area contributed by atoms with E-state index in [1.54, 1.807) is 52.0 Å². The number of halogens is 1. The fourth-order valence-corrected chi connectivity index (χ4v) is 1.81. The number of amides is 1. The van der Waals surface area contributed by atoms with Gasteiger partial charge < -0.3 is 15.2 Å². The van der Waals surface area contributed by atoms with Gasteiger partial charge >= 0.3 is 5.97 Å². The Morgan fingerprint density at radius 1 is 1.24 bits per heavy atom. The smallest absolute Gasteiger partial charge is 0.326 e. The zero-order chi connectivity index (χ0) is 16.2. The van der Waals surface area contributed by atoms with Gasteiger partial charge in [-0.3, -0.25) is 4.79 Å². The maximum atomic E-state index is 12.1. The highest BCUT2D eigenvalue weighted by atomic mass is 35.5. The molecule has 5 nitrogen and oxygen atoms in total. The van der Waals surface area contributed by atoms with Crippen LogP contribution in [0.15, 0.2) is 24.3 Å². The molecule has 0 bridgehead atoms. The van der Waals surface area contributed by atoms with Gasteiger partial charge in [0.1, 0.15) is 11.8 Å². The van der Waals surface area contributed by atoms with Gasteiger partial charge in [0.15, 0.2) is 6.10 Å². The molecule has 0 heterocycles. The Balaban J connectivity index is 2.69. The lowest BCUT2D eigenvalue weighted by atomic mass is 9.86. The maximum absolute atomic E-state index is 12.1. The van der Waals surface area contributed by atoms with Crippen LogP contribution in [0.4, 0.5) is 0 Å². The van der Waals surface area contributed by atoms with Crippen LogP contribution in [-0.2, 0) is 9.59 Å². The Kier molecular flexibility index (Phi) is 5.61. The van der Waals surface area contributed by atoms with E-state index in [2.05, 4.69) is 5.32 Å². The third kappa shape index (κ3) is 5.27. The molecular formula is C15H20ClNO4. The lowest BCUT2D eigenvalue weighted by Gasteiger charge is -2.28. The van der Waals surface area contributed by atoms with Gasteiger partial charge in [-0.2, -0.15) is 0 Å². The van der Waals surface area contributed by atoms with E-state index in [4.69, 9.17) is 16.3 Å². The van der Waals surface area contributed by atoms with Crippen molar-refractivity contribution in [1.29, 1.82) is 0 Å². The first-order valence-electron chi connectivity index (χ1n) is 6.56. The summed E-state index contributed by atoms with van der Waals surface area (Å²) in [6.07, 6.45) is -0.810. The number of carbonyl (C=O) groups excluding carboxylic acids is 1. The first-order valence-corrected chi connectivity index (χ1v) is 6.94. The number of hydrogen-bond donors (Lipinski definition) is 2. The number of ether oxygens (including phenoxy) is 1. The van der Waals surface area contributed by atoms with Crippen molar-refractivity contribution in [3.8, 4) is 5.75 Å². The van der Waals surface area contributed by atoms with E-state index in [-0.39, 0.29) is 0 Å². The summed E-state index contributed by atoms with van der Waals surface area (Å²) in [5.41, 5.74) is -0.596. The van der Waals surface area contributed by atoms with Crippen molar-refractivity contribution < 1.29 is 19.4 Å². The molecule has 6 heteroatoms. The molecule has 2 atom stereocenters. The Hall–Kier alpha value is -1.75. The lowest BCUT2D eigenvalue weighted by Crippen LogP contribution is -2.52. The standard InChI is InChI=1S/C15H20ClNO4/c1-9(21-11-7-5-10(16)6-8-11)13(18)17-12(14(19)20)15(2,3)4/h5-9,12H,1-4H3,(H,17,18)(H,19,20)/t9?,12-/m0/s1. The highest BCUT2D eigenvalue weighted by Crippen LogP contribution is 2.20. The Labute approximate surface area is 129 Å². The van der Waals surface area contributed by atoms with Crippen LogP contribution in [0.1, 0.15) is 27.7 Å². The topological polar surface area (TPSA) is 75.6 Å². The van der Waals surface area contributed by atoms with E-state index in [9.17, 15) is 14.7 Å². The Morgan fingerprint density at radius 2 is 1.76 bits per heavy atom. The van der Waals surface area contributed by atoms with Gasteiger partial charge in [0, 0.05) is 5.02 Å². The Morgan fingerprint density at radius 3 is 2.19 bits per heavy atom. The predicted molar refractivity (Wildman–Crippen MR) is 80.6 cm³/mol. The van der Waals surface area contributed by atoms with Crippen LogP contribution in [-0.4, -0.2) is 29.1 Å². The molecule has 116 valence electrons. The van der Waals surface area contributed by atoms with Crippen molar-refractivity contribution in [3.63, 3.8) is 0 Å². The van der Waals surface area contributed by atoms with Crippen molar-refractivity contribution >= 4 is 23.5 Å². The molecule has 1 rings (SSSR count). The van der Waals surface area contributed by atoms with Crippen molar-refractivity contribution in [1.82, 2.24) is 5.32 Å². The minimum Gasteiger partial charge on any atom is -0.481 e. The second-order valence-corrected chi connectivity index (χ2v) is 6.30. The summed E-state index contributed by atoms with van der Waals surface area (Å²) in [7, 11) is 0. The average Bonchev–Trinajstić information content (AvgIpc) is 2.36. The molecule has 1 aromatic rings. The van der Waals surface area contributed by atoms with Crippen molar-refractivity contribution in [2.45, 2.75) is 39.8 Å². The molecule has 1 amide bonds. The number of carbonyl (C=O) groups is 2. The summed E-state index contributed by atoms with van der Waals surface area (Å²) in [6, 6.07) is 5.60. The van der Waals surface area contributed by atoms with E-state index in [1.807, 2.05) is 0 Å². The fraction of sp³-hybridized carbons (Fsp3) is 0.467. The summed E-state index contributed by atoms with van der Waals surface area (Å²) < 4.78 is 5.46.